The van der Waals surface area contributed by atoms with Gasteiger partial charge in [0.05, 0.1) is 25.0 Å². The third-order valence-electron chi connectivity index (χ3n) is 4.29. The van der Waals surface area contributed by atoms with Crippen LogP contribution in [0.1, 0.15) is 13.8 Å². The number of morpholine rings is 1. The van der Waals surface area contributed by atoms with Crippen molar-refractivity contribution in [3.63, 3.8) is 0 Å². The largest absolute Gasteiger partial charge is 0.378 e. The van der Waals surface area contributed by atoms with Gasteiger partial charge in [0.2, 0.25) is 11.8 Å². The van der Waals surface area contributed by atoms with Gasteiger partial charge in [0.15, 0.2) is 0 Å². The average Bonchev–Trinajstić information content (AvgIpc) is 2.78. The molecule has 1 N–H and O–H groups in total. The zero-order valence-corrected chi connectivity index (χ0v) is 10.2. The summed E-state index contributed by atoms with van der Waals surface area (Å²) in [7, 11) is 0. The van der Waals surface area contributed by atoms with E-state index in [0.29, 0.717) is 19.8 Å². The van der Waals surface area contributed by atoms with Crippen molar-refractivity contribution in [2.24, 2.45) is 17.3 Å². The number of carbonyl (C=O) groups is 2. The molecule has 5 nitrogen and oxygen atoms in total. The van der Waals surface area contributed by atoms with Gasteiger partial charge in [-0.25, -0.2) is 0 Å². The number of nitrogens with zero attached hydrogens (tertiary/aromatic N) is 1. The van der Waals surface area contributed by atoms with Gasteiger partial charge in [-0.15, -0.1) is 0 Å². The van der Waals surface area contributed by atoms with Gasteiger partial charge in [0.1, 0.15) is 0 Å². The minimum atomic E-state index is -0.110. The molecular weight excluding hydrogens is 220 g/mol. The summed E-state index contributed by atoms with van der Waals surface area (Å²) in [5.74, 6) is -0.117. The van der Waals surface area contributed by atoms with E-state index in [0.717, 1.165) is 6.54 Å². The van der Waals surface area contributed by atoms with Crippen molar-refractivity contribution < 1.29 is 14.3 Å². The minimum absolute atomic E-state index is 0.0115. The van der Waals surface area contributed by atoms with E-state index < -0.39 is 0 Å². The van der Waals surface area contributed by atoms with Crippen molar-refractivity contribution in [2.45, 2.75) is 19.9 Å². The highest BCUT2D eigenvalue weighted by atomic mass is 16.5. The summed E-state index contributed by atoms with van der Waals surface area (Å²) in [6.07, 6.45) is 0. The Labute approximate surface area is 100 Å². The number of nitrogens with one attached hydrogen (secondary N) is 1. The monoisotopic (exact) mass is 238 g/mol. The molecule has 3 aliphatic rings. The van der Waals surface area contributed by atoms with E-state index in [2.05, 4.69) is 5.32 Å². The summed E-state index contributed by atoms with van der Waals surface area (Å²) in [4.78, 5) is 25.6. The van der Waals surface area contributed by atoms with E-state index in [1.54, 1.807) is 0 Å². The van der Waals surface area contributed by atoms with Crippen LogP contribution in [0.2, 0.25) is 0 Å². The predicted molar refractivity (Wildman–Crippen MR) is 60.1 cm³/mol. The lowest BCUT2D eigenvalue weighted by Gasteiger charge is -2.29. The lowest BCUT2D eigenvalue weighted by molar-refractivity contribution is -0.143. The first-order chi connectivity index (χ1) is 8.03. The molecule has 2 saturated heterocycles. The Bertz CT molecular complexity index is 350. The quantitative estimate of drug-likeness (QED) is 0.666. The van der Waals surface area contributed by atoms with Crippen LogP contribution in [0.15, 0.2) is 0 Å². The second kappa shape index (κ2) is 3.53. The van der Waals surface area contributed by atoms with Gasteiger partial charge in [0, 0.05) is 19.1 Å². The SMILES string of the molecule is CC1(C)C2C(=O)N(CC3COCCN3)C(=O)C21. The lowest BCUT2D eigenvalue weighted by atomic mass is 10.1. The maximum Gasteiger partial charge on any atom is 0.233 e. The highest BCUT2D eigenvalue weighted by molar-refractivity contribution is 6.10. The number of amides is 2. The third-order valence-corrected chi connectivity index (χ3v) is 4.29. The van der Waals surface area contributed by atoms with Gasteiger partial charge in [-0.3, -0.25) is 14.5 Å². The number of imide groups is 1. The molecule has 2 amide bonds. The number of hydrogen-bond donors (Lipinski definition) is 1. The van der Waals surface area contributed by atoms with Crippen LogP contribution in [0.3, 0.4) is 0 Å². The number of ether oxygens (including phenoxy) is 1. The second-order valence-electron chi connectivity index (χ2n) is 5.79. The molecule has 0 aromatic rings. The van der Waals surface area contributed by atoms with E-state index in [-0.39, 0.29) is 35.1 Å². The fraction of sp³-hybridized carbons (Fsp3) is 0.833. The van der Waals surface area contributed by atoms with Gasteiger partial charge < -0.3 is 10.1 Å². The van der Waals surface area contributed by atoms with Crippen molar-refractivity contribution in [1.29, 1.82) is 0 Å². The molecule has 0 aromatic carbocycles. The molecule has 1 aliphatic carbocycles. The first kappa shape index (κ1) is 11.2. The summed E-state index contributed by atoms with van der Waals surface area (Å²) >= 11 is 0. The zero-order valence-electron chi connectivity index (χ0n) is 10.2. The molecule has 3 rings (SSSR count). The van der Waals surface area contributed by atoms with Crippen LogP contribution in [-0.2, 0) is 14.3 Å². The molecule has 3 atom stereocenters. The molecule has 5 heteroatoms. The second-order valence-corrected chi connectivity index (χ2v) is 5.79. The fourth-order valence-corrected chi connectivity index (χ4v) is 3.14. The minimum Gasteiger partial charge on any atom is -0.378 e. The molecule has 0 bridgehead atoms. The van der Waals surface area contributed by atoms with Gasteiger partial charge >= 0.3 is 0 Å². The Hall–Kier alpha value is -0.940. The third kappa shape index (κ3) is 1.52. The van der Waals surface area contributed by atoms with Crippen molar-refractivity contribution in [3.05, 3.63) is 0 Å². The van der Waals surface area contributed by atoms with Crippen LogP contribution in [0.5, 0.6) is 0 Å². The Morgan fingerprint density at radius 2 is 2.00 bits per heavy atom. The van der Waals surface area contributed by atoms with Crippen molar-refractivity contribution in [2.75, 3.05) is 26.3 Å². The Morgan fingerprint density at radius 1 is 1.35 bits per heavy atom. The Morgan fingerprint density at radius 3 is 2.53 bits per heavy atom. The highest BCUT2D eigenvalue weighted by Gasteiger charge is 2.72. The molecule has 2 heterocycles. The first-order valence-electron chi connectivity index (χ1n) is 6.20. The molecule has 2 aliphatic heterocycles. The Kier molecular flexibility index (Phi) is 2.32. The molecule has 3 unspecified atom stereocenters. The van der Waals surface area contributed by atoms with Crippen LogP contribution < -0.4 is 5.32 Å². The maximum absolute atomic E-state index is 12.1. The first-order valence-corrected chi connectivity index (χ1v) is 6.20. The summed E-state index contributed by atoms with van der Waals surface area (Å²) in [5.41, 5.74) is -0.110. The molecule has 94 valence electrons. The smallest absolute Gasteiger partial charge is 0.233 e. The van der Waals surface area contributed by atoms with Gasteiger partial charge in [0.25, 0.3) is 0 Å². The van der Waals surface area contributed by atoms with Gasteiger partial charge in [-0.1, -0.05) is 13.8 Å². The number of carbonyl (C=O) groups excluding carboxylic acids is 2. The molecule has 0 radical (unpaired) electrons. The summed E-state index contributed by atoms with van der Waals surface area (Å²) in [5, 5.41) is 3.27. The number of rotatable bonds is 2. The standard InChI is InChI=1S/C12H18N2O3/c1-12(2)8-9(12)11(16)14(10(8)15)5-7-6-17-4-3-13-7/h7-9,13H,3-6H2,1-2H3. The van der Waals surface area contributed by atoms with Crippen molar-refractivity contribution in [1.82, 2.24) is 10.2 Å². The summed E-state index contributed by atoms with van der Waals surface area (Å²) < 4.78 is 5.33. The van der Waals surface area contributed by atoms with Crippen LogP contribution in [0.25, 0.3) is 0 Å². The zero-order chi connectivity index (χ0) is 12.2. The van der Waals surface area contributed by atoms with Crippen LogP contribution in [0.4, 0.5) is 0 Å². The molecule has 0 aromatic heterocycles. The van der Waals surface area contributed by atoms with E-state index in [4.69, 9.17) is 4.74 Å². The fourth-order valence-electron chi connectivity index (χ4n) is 3.14. The van der Waals surface area contributed by atoms with Gasteiger partial charge in [-0.05, 0) is 5.41 Å². The normalized spacial score (nSPS) is 39.4. The number of likely N-dealkylation sites (tertiary alicyclic amines) is 1. The van der Waals surface area contributed by atoms with Crippen LogP contribution >= 0.6 is 0 Å². The number of piperidine rings is 1. The molecule has 17 heavy (non-hydrogen) atoms. The molecule has 3 fully saturated rings. The summed E-state index contributed by atoms with van der Waals surface area (Å²) in [6.45, 7) is 6.53. The topological polar surface area (TPSA) is 58.6 Å². The number of fused-ring (bicyclic) bond motifs is 1. The van der Waals surface area contributed by atoms with Gasteiger partial charge in [-0.2, -0.15) is 0 Å². The highest BCUT2D eigenvalue weighted by Crippen LogP contribution is 2.63. The predicted octanol–water partition coefficient (Wildman–Crippen LogP) is -0.384. The Balaban J connectivity index is 1.66. The number of hydrogen-bond acceptors (Lipinski definition) is 4. The molecular formula is C12H18N2O3. The van der Waals surface area contributed by atoms with E-state index in [1.165, 1.54) is 4.90 Å². The van der Waals surface area contributed by atoms with E-state index in [9.17, 15) is 9.59 Å². The van der Waals surface area contributed by atoms with Crippen LogP contribution in [-0.4, -0.2) is 49.1 Å². The summed E-state index contributed by atoms with van der Waals surface area (Å²) in [6, 6.07) is 0.0947. The van der Waals surface area contributed by atoms with Crippen LogP contribution in [0, 0.1) is 17.3 Å². The van der Waals surface area contributed by atoms with E-state index in [1.807, 2.05) is 13.8 Å². The van der Waals surface area contributed by atoms with E-state index >= 15 is 0 Å². The lowest BCUT2D eigenvalue weighted by Crippen LogP contribution is -2.51. The molecule has 1 saturated carbocycles. The van der Waals surface area contributed by atoms with Crippen molar-refractivity contribution in [3.8, 4) is 0 Å². The maximum atomic E-state index is 12.1. The van der Waals surface area contributed by atoms with Crippen molar-refractivity contribution >= 4 is 11.8 Å². The molecule has 0 spiro atoms. The average molecular weight is 238 g/mol.